The molecule has 1 saturated carbocycles. The van der Waals surface area contributed by atoms with Crippen molar-refractivity contribution in [2.75, 3.05) is 11.9 Å². The van der Waals surface area contributed by atoms with Crippen LogP contribution >= 0.6 is 11.3 Å². The van der Waals surface area contributed by atoms with Crippen LogP contribution in [0.3, 0.4) is 0 Å². The number of halogens is 1. The monoisotopic (exact) mass is 291 g/mol. The number of anilines is 1. The van der Waals surface area contributed by atoms with E-state index in [4.69, 9.17) is 4.74 Å². The lowest BCUT2D eigenvalue weighted by Gasteiger charge is -2.26. The maximum Gasteiger partial charge on any atom is 0.206 e. The summed E-state index contributed by atoms with van der Waals surface area (Å²) in [5.41, 5.74) is 0.861. The molecule has 1 aliphatic carbocycles. The summed E-state index contributed by atoms with van der Waals surface area (Å²) in [6.45, 7) is 0.514. The van der Waals surface area contributed by atoms with Crippen molar-refractivity contribution in [1.29, 1.82) is 0 Å². The summed E-state index contributed by atoms with van der Waals surface area (Å²) in [5, 5.41) is 13.7. The Bertz CT molecular complexity index is 641. The van der Waals surface area contributed by atoms with Crippen molar-refractivity contribution in [1.82, 2.24) is 10.2 Å². The van der Waals surface area contributed by atoms with Crippen molar-refractivity contribution in [3.8, 4) is 5.75 Å². The molecule has 2 aliphatic rings. The Labute approximate surface area is 120 Å². The molecular weight excluding hydrogens is 277 g/mol. The van der Waals surface area contributed by atoms with Crippen LogP contribution in [0.25, 0.3) is 0 Å². The predicted molar refractivity (Wildman–Crippen MR) is 74.8 cm³/mol. The van der Waals surface area contributed by atoms with Gasteiger partial charge in [-0.2, -0.15) is 0 Å². The van der Waals surface area contributed by atoms with Gasteiger partial charge in [0.1, 0.15) is 5.01 Å². The average molecular weight is 291 g/mol. The summed E-state index contributed by atoms with van der Waals surface area (Å²) in [7, 11) is 0. The van der Waals surface area contributed by atoms with Gasteiger partial charge in [0.25, 0.3) is 0 Å². The first-order valence-corrected chi connectivity index (χ1v) is 7.64. The predicted octanol–water partition coefficient (Wildman–Crippen LogP) is 3.49. The molecule has 1 aromatic carbocycles. The Morgan fingerprint density at radius 2 is 2.15 bits per heavy atom. The summed E-state index contributed by atoms with van der Waals surface area (Å²) < 4.78 is 19.2. The van der Waals surface area contributed by atoms with E-state index in [0.717, 1.165) is 22.1 Å². The van der Waals surface area contributed by atoms with Crippen molar-refractivity contribution in [3.63, 3.8) is 0 Å². The second-order valence-electron chi connectivity index (χ2n) is 5.21. The number of para-hydroxylation sites is 1. The number of hydrogen-bond donors (Lipinski definition) is 1. The highest BCUT2D eigenvalue weighted by atomic mass is 32.1. The molecule has 104 valence electrons. The maximum absolute atomic E-state index is 13.7. The van der Waals surface area contributed by atoms with Gasteiger partial charge < -0.3 is 10.1 Å². The largest absolute Gasteiger partial charge is 0.490 e. The van der Waals surface area contributed by atoms with E-state index in [-0.39, 0.29) is 11.9 Å². The molecule has 2 aromatic rings. The first-order valence-electron chi connectivity index (χ1n) is 6.82. The summed E-state index contributed by atoms with van der Waals surface area (Å²) in [6, 6.07) is 5.08. The molecule has 20 heavy (non-hydrogen) atoms. The van der Waals surface area contributed by atoms with Crippen molar-refractivity contribution in [3.05, 3.63) is 34.6 Å². The van der Waals surface area contributed by atoms with Crippen LogP contribution in [0.4, 0.5) is 9.52 Å². The van der Waals surface area contributed by atoms with Crippen molar-refractivity contribution < 1.29 is 9.13 Å². The molecule has 0 bridgehead atoms. The molecule has 1 aromatic heterocycles. The lowest BCUT2D eigenvalue weighted by Crippen LogP contribution is -2.21. The van der Waals surface area contributed by atoms with Gasteiger partial charge in [0.05, 0.1) is 12.6 Å². The van der Waals surface area contributed by atoms with Crippen LogP contribution in [-0.4, -0.2) is 16.8 Å². The molecule has 0 unspecified atom stereocenters. The number of fused-ring (bicyclic) bond motifs is 1. The molecule has 0 amide bonds. The first kappa shape index (κ1) is 12.1. The van der Waals surface area contributed by atoms with Gasteiger partial charge in [0.2, 0.25) is 5.13 Å². The number of ether oxygens (including phenoxy) is 1. The lowest BCUT2D eigenvalue weighted by molar-refractivity contribution is 0.260. The van der Waals surface area contributed by atoms with E-state index in [0.29, 0.717) is 18.3 Å². The molecule has 1 aliphatic heterocycles. The Morgan fingerprint density at radius 3 is 3.00 bits per heavy atom. The third kappa shape index (κ3) is 2.14. The molecule has 1 N–H and O–H groups in total. The van der Waals surface area contributed by atoms with E-state index in [2.05, 4.69) is 15.5 Å². The van der Waals surface area contributed by atoms with Crippen LogP contribution < -0.4 is 10.1 Å². The van der Waals surface area contributed by atoms with Crippen molar-refractivity contribution >= 4 is 16.5 Å². The molecule has 1 fully saturated rings. The van der Waals surface area contributed by atoms with Crippen LogP contribution in [0.15, 0.2) is 18.2 Å². The normalized spacial score (nSPS) is 21.1. The molecule has 6 heteroatoms. The molecule has 0 saturated heterocycles. The van der Waals surface area contributed by atoms with E-state index in [1.54, 1.807) is 17.4 Å². The Hall–Kier alpha value is -1.69. The molecule has 4 nitrogen and oxygen atoms in total. The maximum atomic E-state index is 13.7. The quantitative estimate of drug-likeness (QED) is 0.940. The second-order valence-corrected chi connectivity index (χ2v) is 6.22. The van der Waals surface area contributed by atoms with Gasteiger partial charge in [-0.25, -0.2) is 4.39 Å². The fourth-order valence-corrected chi connectivity index (χ4v) is 3.44. The summed E-state index contributed by atoms with van der Waals surface area (Å²) in [4.78, 5) is 0. The fourth-order valence-electron chi connectivity index (χ4n) is 2.47. The highest BCUT2D eigenvalue weighted by Crippen LogP contribution is 2.43. The number of nitrogens with one attached hydrogen (secondary N) is 1. The average Bonchev–Trinajstić information content (AvgIpc) is 3.21. The zero-order valence-electron chi connectivity index (χ0n) is 10.8. The van der Waals surface area contributed by atoms with Crippen molar-refractivity contribution in [2.45, 2.75) is 31.2 Å². The second kappa shape index (κ2) is 4.70. The van der Waals surface area contributed by atoms with Gasteiger partial charge in [0, 0.05) is 17.9 Å². The van der Waals surface area contributed by atoms with Crippen LogP contribution in [0.2, 0.25) is 0 Å². The molecule has 4 rings (SSSR count). The van der Waals surface area contributed by atoms with E-state index in [9.17, 15) is 4.39 Å². The zero-order valence-corrected chi connectivity index (χ0v) is 11.6. The summed E-state index contributed by atoms with van der Waals surface area (Å²) in [6.07, 6.45) is 3.24. The van der Waals surface area contributed by atoms with Crippen LogP contribution in [0, 0.1) is 5.82 Å². The minimum absolute atomic E-state index is 0.0365. The SMILES string of the molecule is Fc1cccc2c1OCC[C@@H]2Nc1nnc(C2CC2)s1. The Balaban J connectivity index is 1.58. The van der Waals surface area contributed by atoms with E-state index in [1.807, 2.05) is 6.07 Å². The molecule has 2 heterocycles. The first-order chi connectivity index (χ1) is 9.81. The van der Waals surface area contributed by atoms with E-state index >= 15 is 0 Å². The van der Waals surface area contributed by atoms with Gasteiger partial charge in [-0.15, -0.1) is 10.2 Å². The number of rotatable bonds is 3. The summed E-state index contributed by atoms with van der Waals surface area (Å²) in [5.74, 6) is 0.676. The van der Waals surface area contributed by atoms with Gasteiger partial charge in [0.15, 0.2) is 11.6 Å². The molecular formula is C14H14FN3OS. The Kier molecular flexibility index (Phi) is 2.84. The molecule has 1 atom stereocenters. The van der Waals surface area contributed by atoms with Gasteiger partial charge >= 0.3 is 0 Å². The van der Waals surface area contributed by atoms with Crippen LogP contribution in [0.1, 0.15) is 41.8 Å². The smallest absolute Gasteiger partial charge is 0.206 e. The van der Waals surface area contributed by atoms with Crippen LogP contribution in [0.5, 0.6) is 5.75 Å². The van der Waals surface area contributed by atoms with Gasteiger partial charge in [-0.3, -0.25) is 0 Å². The van der Waals surface area contributed by atoms with Gasteiger partial charge in [-0.1, -0.05) is 23.5 Å². The van der Waals surface area contributed by atoms with Crippen LogP contribution in [-0.2, 0) is 0 Å². The fraction of sp³-hybridized carbons (Fsp3) is 0.429. The third-order valence-electron chi connectivity index (χ3n) is 3.69. The Morgan fingerprint density at radius 1 is 1.25 bits per heavy atom. The minimum atomic E-state index is -0.301. The minimum Gasteiger partial charge on any atom is -0.490 e. The summed E-state index contributed by atoms with van der Waals surface area (Å²) >= 11 is 1.61. The zero-order chi connectivity index (χ0) is 13.5. The standard InChI is InChI=1S/C14H14FN3OS/c15-10-3-1-2-9-11(6-7-19-12(9)10)16-14-18-17-13(20-14)8-4-5-8/h1-3,8,11H,4-7H2,(H,16,18)/t11-/m0/s1. The number of hydrogen-bond acceptors (Lipinski definition) is 5. The lowest BCUT2D eigenvalue weighted by atomic mass is 10.0. The number of benzene rings is 1. The van der Waals surface area contributed by atoms with Crippen molar-refractivity contribution in [2.24, 2.45) is 0 Å². The number of aromatic nitrogens is 2. The van der Waals surface area contributed by atoms with Gasteiger partial charge in [-0.05, 0) is 18.9 Å². The molecule has 0 radical (unpaired) electrons. The van der Waals surface area contributed by atoms with E-state index < -0.39 is 0 Å². The molecule has 0 spiro atoms. The highest BCUT2D eigenvalue weighted by Gasteiger charge is 2.29. The topological polar surface area (TPSA) is 47.0 Å². The van der Waals surface area contributed by atoms with E-state index in [1.165, 1.54) is 18.9 Å². The highest BCUT2D eigenvalue weighted by molar-refractivity contribution is 7.15. The third-order valence-corrected chi connectivity index (χ3v) is 4.71. The number of nitrogens with zero attached hydrogens (tertiary/aromatic N) is 2.